The van der Waals surface area contributed by atoms with Crippen molar-refractivity contribution in [3.63, 3.8) is 0 Å². The van der Waals surface area contributed by atoms with E-state index in [-0.39, 0.29) is 6.10 Å². The van der Waals surface area contributed by atoms with Gasteiger partial charge in [-0.25, -0.2) is 0 Å². The Morgan fingerprint density at radius 2 is 2.38 bits per heavy atom. The van der Waals surface area contributed by atoms with Gasteiger partial charge < -0.3 is 5.32 Å². The van der Waals surface area contributed by atoms with Crippen LogP contribution in [0.1, 0.15) is 6.42 Å². The summed E-state index contributed by atoms with van der Waals surface area (Å²) in [6.07, 6.45) is 3.61. The average Bonchev–Trinajstić information content (AvgIpc) is 2.40. The first-order valence-corrected chi connectivity index (χ1v) is 6.16. The number of rotatable bonds is 2. The third kappa shape index (κ3) is 2.10. The zero-order valence-electron chi connectivity index (χ0n) is 7.49. The summed E-state index contributed by atoms with van der Waals surface area (Å²) in [4.78, 5) is 0. The molecule has 0 aromatic carbocycles. The van der Waals surface area contributed by atoms with Crippen LogP contribution in [0.4, 0.5) is 0 Å². The summed E-state index contributed by atoms with van der Waals surface area (Å²) in [6.45, 7) is 1.84. The van der Waals surface area contributed by atoms with E-state index in [9.17, 15) is 8.42 Å². The highest BCUT2D eigenvalue weighted by Crippen LogP contribution is 2.30. The van der Waals surface area contributed by atoms with E-state index >= 15 is 0 Å². The first-order valence-electron chi connectivity index (χ1n) is 4.34. The van der Waals surface area contributed by atoms with Gasteiger partial charge in [0.25, 0.3) is 10.1 Å². The quantitative estimate of drug-likeness (QED) is 0.502. The minimum atomic E-state index is -3.30. The van der Waals surface area contributed by atoms with Crippen molar-refractivity contribution in [2.24, 2.45) is 5.92 Å². The molecule has 0 saturated carbocycles. The van der Waals surface area contributed by atoms with Crippen molar-refractivity contribution in [2.45, 2.75) is 12.5 Å². The summed E-state index contributed by atoms with van der Waals surface area (Å²) in [7, 11) is -3.30. The Bertz CT molecular complexity index is 333. The van der Waals surface area contributed by atoms with Crippen LogP contribution >= 0.6 is 0 Å². The van der Waals surface area contributed by atoms with Crippen LogP contribution in [0.5, 0.6) is 0 Å². The van der Waals surface area contributed by atoms with E-state index in [0.29, 0.717) is 5.92 Å². The van der Waals surface area contributed by atoms with Crippen molar-refractivity contribution in [2.75, 3.05) is 19.3 Å². The molecule has 5 heteroatoms. The standard InChI is InChI=1S/C8H13NO3S/c1-13(10,11)12-8-2-6-4-9-5-7(6)3-8/h2,7-9H,3-5H2,1H3/t7-,8-/m0/s1. The van der Waals surface area contributed by atoms with Crippen molar-refractivity contribution in [1.29, 1.82) is 0 Å². The van der Waals surface area contributed by atoms with Crippen LogP contribution in [0.2, 0.25) is 0 Å². The molecule has 2 atom stereocenters. The number of fused-ring (bicyclic) bond motifs is 1. The van der Waals surface area contributed by atoms with E-state index in [4.69, 9.17) is 4.18 Å². The molecular weight excluding hydrogens is 190 g/mol. The first kappa shape index (κ1) is 9.18. The van der Waals surface area contributed by atoms with Gasteiger partial charge >= 0.3 is 0 Å². The number of hydrogen-bond donors (Lipinski definition) is 1. The van der Waals surface area contributed by atoms with Crippen LogP contribution in [0.25, 0.3) is 0 Å². The normalized spacial score (nSPS) is 33.2. The van der Waals surface area contributed by atoms with Crippen LogP contribution in [-0.4, -0.2) is 33.9 Å². The van der Waals surface area contributed by atoms with Crippen molar-refractivity contribution < 1.29 is 12.6 Å². The second-order valence-electron chi connectivity index (χ2n) is 3.64. The molecule has 0 aromatic rings. The monoisotopic (exact) mass is 203 g/mol. The van der Waals surface area contributed by atoms with Gasteiger partial charge in [-0.1, -0.05) is 11.6 Å². The largest absolute Gasteiger partial charge is 0.312 e. The van der Waals surface area contributed by atoms with Crippen LogP contribution in [0.15, 0.2) is 11.6 Å². The van der Waals surface area contributed by atoms with Crippen LogP contribution in [0.3, 0.4) is 0 Å². The van der Waals surface area contributed by atoms with Gasteiger partial charge in [0.05, 0.1) is 12.4 Å². The maximum absolute atomic E-state index is 10.8. The smallest absolute Gasteiger partial charge is 0.264 e. The van der Waals surface area contributed by atoms with Gasteiger partial charge in [-0.15, -0.1) is 0 Å². The van der Waals surface area contributed by atoms with E-state index in [0.717, 1.165) is 25.8 Å². The highest BCUT2D eigenvalue weighted by molar-refractivity contribution is 7.86. The molecule has 74 valence electrons. The number of nitrogens with one attached hydrogen (secondary N) is 1. The van der Waals surface area contributed by atoms with E-state index in [1.807, 2.05) is 6.08 Å². The molecule has 0 amide bonds. The molecule has 4 nitrogen and oxygen atoms in total. The van der Waals surface area contributed by atoms with Gasteiger partial charge in [-0.3, -0.25) is 4.18 Å². The van der Waals surface area contributed by atoms with Gasteiger partial charge in [0.2, 0.25) is 0 Å². The second kappa shape index (κ2) is 3.08. The van der Waals surface area contributed by atoms with E-state index < -0.39 is 10.1 Å². The predicted octanol–water partition coefficient (Wildman–Crippen LogP) is -0.119. The Morgan fingerprint density at radius 3 is 3.00 bits per heavy atom. The summed E-state index contributed by atoms with van der Waals surface area (Å²) in [5, 5.41) is 3.23. The number of hydrogen-bond acceptors (Lipinski definition) is 4. The first-order chi connectivity index (χ1) is 6.04. The molecule has 1 heterocycles. The van der Waals surface area contributed by atoms with Gasteiger partial charge in [-0.05, 0) is 12.3 Å². The summed E-state index contributed by atoms with van der Waals surface area (Å²) in [5.74, 6) is 0.492. The fraction of sp³-hybridized carbons (Fsp3) is 0.750. The second-order valence-corrected chi connectivity index (χ2v) is 5.24. The molecule has 1 fully saturated rings. The average molecular weight is 203 g/mol. The summed E-state index contributed by atoms with van der Waals surface area (Å²) < 4.78 is 26.6. The van der Waals surface area contributed by atoms with Crippen LogP contribution < -0.4 is 5.32 Å². The molecule has 1 N–H and O–H groups in total. The molecule has 0 spiro atoms. The van der Waals surface area contributed by atoms with Crippen LogP contribution in [-0.2, 0) is 14.3 Å². The minimum absolute atomic E-state index is 0.225. The van der Waals surface area contributed by atoms with Crippen molar-refractivity contribution in [3.05, 3.63) is 11.6 Å². The van der Waals surface area contributed by atoms with Gasteiger partial charge in [0, 0.05) is 13.1 Å². The lowest BCUT2D eigenvalue weighted by Crippen LogP contribution is -2.17. The summed E-state index contributed by atoms with van der Waals surface area (Å²) >= 11 is 0. The topological polar surface area (TPSA) is 55.4 Å². The lowest BCUT2D eigenvalue weighted by atomic mass is 10.1. The van der Waals surface area contributed by atoms with Gasteiger partial charge in [-0.2, -0.15) is 8.42 Å². The molecule has 0 unspecified atom stereocenters. The van der Waals surface area contributed by atoms with Crippen molar-refractivity contribution in [3.8, 4) is 0 Å². The Kier molecular flexibility index (Phi) is 2.17. The van der Waals surface area contributed by atoms with E-state index in [1.165, 1.54) is 5.57 Å². The van der Waals surface area contributed by atoms with E-state index in [1.54, 1.807) is 0 Å². The third-order valence-electron chi connectivity index (χ3n) is 2.46. The maximum atomic E-state index is 10.8. The molecular formula is C8H13NO3S. The predicted molar refractivity (Wildman–Crippen MR) is 48.8 cm³/mol. The Balaban J connectivity index is 2.03. The Labute approximate surface area is 78.1 Å². The Hall–Kier alpha value is -0.390. The lowest BCUT2D eigenvalue weighted by Gasteiger charge is -2.08. The molecule has 13 heavy (non-hydrogen) atoms. The molecule has 2 rings (SSSR count). The Morgan fingerprint density at radius 1 is 1.62 bits per heavy atom. The highest BCUT2D eigenvalue weighted by Gasteiger charge is 2.31. The molecule has 1 aliphatic carbocycles. The molecule has 0 radical (unpaired) electrons. The van der Waals surface area contributed by atoms with Gasteiger partial charge in [0.1, 0.15) is 0 Å². The lowest BCUT2D eigenvalue weighted by molar-refractivity contribution is 0.244. The maximum Gasteiger partial charge on any atom is 0.264 e. The van der Waals surface area contributed by atoms with Crippen LogP contribution in [0, 0.1) is 5.92 Å². The molecule has 2 aliphatic rings. The zero-order chi connectivity index (χ0) is 9.47. The molecule has 0 bridgehead atoms. The highest BCUT2D eigenvalue weighted by atomic mass is 32.2. The fourth-order valence-electron chi connectivity index (χ4n) is 1.97. The molecule has 0 aromatic heterocycles. The fourth-order valence-corrected chi connectivity index (χ4v) is 2.56. The molecule has 1 saturated heterocycles. The van der Waals surface area contributed by atoms with Crippen molar-refractivity contribution in [1.82, 2.24) is 5.32 Å². The zero-order valence-corrected chi connectivity index (χ0v) is 8.30. The third-order valence-corrected chi connectivity index (χ3v) is 3.06. The summed E-state index contributed by atoms with van der Waals surface area (Å²) in [5.41, 5.74) is 1.30. The minimum Gasteiger partial charge on any atom is -0.312 e. The summed E-state index contributed by atoms with van der Waals surface area (Å²) in [6, 6.07) is 0. The van der Waals surface area contributed by atoms with E-state index in [2.05, 4.69) is 5.32 Å². The van der Waals surface area contributed by atoms with Gasteiger partial charge in [0.15, 0.2) is 0 Å². The van der Waals surface area contributed by atoms with Crippen molar-refractivity contribution >= 4 is 10.1 Å². The SMILES string of the molecule is CS(=O)(=O)O[C@H]1C=C2CNC[C@@H]2C1. The molecule has 1 aliphatic heterocycles.